The third-order valence-electron chi connectivity index (χ3n) is 4.05. The number of fused-ring (bicyclic) bond motifs is 1. The molecule has 0 aliphatic rings. The monoisotopic (exact) mass is 336 g/mol. The third-order valence-corrected chi connectivity index (χ3v) is 4.05. The van der Waals surface area contributed by atoms with Crippen LogP contribution in [0.1, 0.15) is 35.5 Å². The van der Waals surface area contributed by atoms with Gasteiger partial charge in [-0.3, -0.25) is 9.59 Å². The average molecular weight is 336 g/mol. The molecule has 128 valence electrons. The van der Waals surface area contributed by atoms with Crippen LogP contribution in [0.25, 0.3) is 10.8 Å². The van der Waals surface area contributed by atoms with E-state index < -0.39 is 0 Å². The first-order chi connectivity index (χ1) is 12.1. The normalized spacial score (nSPS) is 11.9. The molecule has 3 rings (SSSR count). The molecule has 1 atom stereocenters. The van der Waals surface area contributed by atoms with E-state index in [1.54, 1.807) is 12.1 Å². The van der Waals surface area contributed by atoms with Gasteiger partial charge in [0, 0.05) is 13.0 Å². The van der Waals surface area contributed by atoms with Crippen LogP contribution in [0.5, 0.6) is 0 Å². The van der Waals surface area contributed by atoms with Crippen molar-refractivity contribution in [3.8, 4) is 0 Å². The molecule has 3 aromatic rings. The quantitative estimate of drug-likeness (QED) is 0.724. The number of nitrogens with one attached hydrogen (secondary N) is 2. The van der Waals surface area contributed by atoms with Crippen molar-refractivity contribution in [3.05, 3.63) is 72.2 Å². The molecule has 0 fully saturated rings. The maximum atomic E-state index is 12.1. The highest BCUT2D eigenvalue weighted by molar-refractivity contribution is 5.91. The van der Waals surface area contributed by atoms with E-state index in [9.17, 15) is 9.59 Å². The van der Waals surface area contributed by atoms with E-state index in [-0.39, 0.29) is 36.6 Å². The number of benzene rings is 2. The van der Waals surface area contributed by atoms with Crippen molar-refractivity contribution in [3.63, 3.8) is 0 Å². The Labute approximate surface area is 146 Å². The zero-order chi connectivity index (χ0) is 17.6. The molecule has 0 aliphatic heterocycles. The van der Waals surface area contributed by atoms with Crippen molar-refractivity contribution in [2.75, 3.05) is 6.54 Å². The third kappa shape index (κ3) is 4.07. The Balaban J connectivity index is 1.54. The van der Waals surface area contributed by atoms with Crippen LogP contribution in [-0.2, 0) is 4.79 Å². The highest BCUT2D eigenvalue weighted by atomic mass is 16.3. The lowest BCUT2D eigenvalue weighted by molar-refractivity contribution is -0.121. The van der Waals surface area contributed by atoms with Crippen molar-refractivity contribution in [2.24, 2.45) is 0 Å². The summed E-state index contributed by atoms with van der Waals surface area (Å²) in [5.41, 5.74) is 1.08. The molecular formula is C20H20N2O3. The summed E-state index contributed by atoms with van der Waals surface area (Å²) in [7, 11) is 0. The van der Waals surface area contributed by atoms with Gasteiger partial charge in [0.15, 0.2) is 5.76 Å². The molecule has 1 heterocycles. The van der Waals surface area contributed by atoms with Crippen molar-refractivity contribution in [1.29, 1.82) is 0 Å². The fourth-order valence-electron chi connectivity index (χ4n) is 2.80. The Kier molecular flexibility index (Phi) is 5.14. The summed E-state index contributed by atoms with van der Waals surface area (Å²) in [6, 6.07) is 17.3. The number of carbonyl (C=O) groups excluding carboxylic acids is 2. The van der Waals surface area contributed by atoms with E-state index in [1.807, 2.05) is 31.2 Å². The van der Waals surface area contributed by atoms with Gasteiger partial charge in [-0.2, -0.15) is 0 Å². The van der Waals surface area contributed by atoms with Crippen LogP contribution in [-0.4, -0.2) is 18.4 Å². The van der Waals surface area contributed by atoms with Crippen molar-refractivity contribution in [1.82, 2.24) is 10.6 Å². The number of hydrogen-bond donors (Lipinski definition) is 2. The van der Waals surface area contributed by atoms with Crippen LogP contribution >= 0.6 is 0 Å². The first kappa shape index (κ1) is 16.8. The molecule has 1 aromatic heterocycles. The molecule has 2 aromatic carbocycles. The van der Waals surface area contributed by atoms with Gasteiger partial charge >= 0.3 is 0 Å². The van der Waals surface area contributed by atoms with Crippen LogP contribution < -0.4 is 10.6 Å². The van der Waals surface area contributed by atoms with Gasteiger partial charge in [-0.25, -0.2) is 0 Å². The minimum absolute atomic E-state index is 0.111. The Morgan fingerprint density at radius 3 is 2.64 bits per heavy atom. The van der Waals surface area contributed by atoms with E-state index in [4.69, 9.17) is 4.42 Å². The molecule has 5 nitrogen and oxygen atoms in total. The predicted octanol–water partition coefficient (Wildman–Crippen LogP) is 3.43. The smallest absolute Gasteiger partial charge is 0.286 e. The van der Waals surface area contributed by atoms with Crippen molar-refractivity contribution < 1.29 is 14.0 Å². The van der Waals surface area contributed by atoms with Gasteiger partial charge in [-0.1, -0.05) is 42.5 Å². The first-order valence-corrected chi connectivity index (χ1v) is 8.24. The summed E-state index contributed by atoms with van der Waals surface area (Å²) in [6.07, 6.45) is 1.65. The summed E-state index contributed by atoms with van der Waals surface area (Å²) in [6.45, 7) is 2.22. The number of furan rings is 1. The first-order valence-electron chi connectivity index (χ1n) is 8.24. The minimum atomic E-state index is -0.320. The fourth-order valence-corrected chi connectivity index (χ4v) is 2.80. The van der Waals surface area contributed by atoms with Gasteiger partial charge in [0.05, 0.1) is 12.3 Å². The Morgan fingerprint density at radius 2 is 1.84 bits per heavy atom. The second-order valence-corrected chi connectivity index (χ2v) is 5.84. The standard InChI is InChI=1S/C20H20N2O3/c1-14(16-9-4-7-15-6-2-3-8-17(15)16)22-19(23)11-12-21-20(24)18-10-5-13-25-18/h2-10,13-14H,11-12H2,1H3,(H,21,24)(H,22,23). The van der Waals surface area contributed by atoms with Crippen LogP contribution in [0.15, 0.2) is 65.3 Å². The second-order valence-electron chi connectivity index (χ2n) is 5.84. The average Bonchev–Trinajstić information content (AvgIpc) is 3.16. The maximum absolute atomic E-state index is 12.1. The van der Waals surface area contributed by atoms with Crippen LogP contribution in [0, 0.1) is 0 Å². The van der Waals surface area contributed by atoms with E-state index >= 15 is 0 Å². The molecule has 0 spiro atoms. The van der Waals surface area contributed by atoms with E-state index in [1.165, 1.54) is 6.26 Å². The minimum Gasteiger partial charge on any atom is -0.459 e. The van der Waals surface area contributed by atoms with Gasteiger partial charge in [0.1, 0.15) is 0 Å². The highest BCUT2D eigenvalue weighted by Crippen LogP contribution is 2.23. The molecule has 2 N–H and O–H groups in total. The van der Waals surface area contributed by atoms with Crippen molar-refractivity contribution >= 4 is 22.6 Å². The van der Waals surface area contributed by atoms with Crippen molar-refractivity contribution in [2.45, 2.75) is 19.4 Å². The van der Waals surface area contributed by atoms with Crippen LogP contribution in [0.4, 0.5) is 0 Å². The molecule has 0 saturated carbocycles. The molecule has 25 heavy (non-hydrogen) atoms. The largest absolute Gasteiger partial charge is 0.459 e. The fraction of sp³-hybridized carbons (Fsp3) is 0.200. The predicted molar refractivity (Wildman–Crippen MR) is 96.2 cm³/mol. The summed E-state index contributed by atoms with van der Waals surface area (Å²) in [5, 5.41) is 7.92. The highest BCUT2D eigenvalue weighted by Gasteiger charge is 2.13. The lowest BCUT2D eigenvalue weighted by Crippen LogP contribution is -2.32. The Morgan fingerprint density at radius 1 is 1.04 bits per heavy atom. The second kappa shape index (κ2) is 7.66. The van der Waals surface area contributed by atoms with Gasteiger partial charge in [0.2, 0.25) is 5.91 Å². The molecular weight excluding hydrogens is 316 g/mol. The van der Waals surface area contributed by atoms with Crippen LogP contribution in [0.2, 0.25) is 0 Å². The molecule has 0 saturated heterocycles. The van der Waals surface area contributed by atoms with E-state index in [2.05, 4.69) is 28.8 Å². The molecule has 5 heteroatoms. The van der Waals surface area contributed by atoms with Gasteiger partial charge in [-0.05, 0) is 35.4 Å². The van der Waals surface area contributed by atoms with Gasteiger partial charge in [-0.15, -0.1) is 0 Å². The zero-order valence-corrected chi connectivity index (χ0v) is 14.0. The summed E-state index contributed by atoms with van der Waals surface area (Å²) in [4.78, 5) is 23.9. The summed E-state index contributed by atoms with van der Waals surface area (Å²) in [5.74, 6) is -0.190. The number of rotatable bonds is 6. The maximum Gasteiger partial charge on any atom is 0.286 e. The lowest BCUT2D eigenvalue weighted by Gasteiger charge is -2.16. The van der Waals surface area contributed by atoms with Crippen LogP contribution in [0.3, 0.4) is 0 Å². The summed E-state index contributed by atoms with van der Waals surface area (Å²) < 4.78 is 5.00. The molecule has 2 amide bonds. The Hall–Kier alpha value is -3.08. The molecule has 1 unspecified atom stereocenters. The lowest BCUT2D eigenvalue weighted by atomic mass is 9.99. The topological polar surface area (TPSA) is 71.3 Å². The molecule has 0 bridgehead atoms. The van der Waals surface area contributed by atoms with Gasteiger partial charge < -0.3 is 15.1 Å². The molecule has 0 radical (unpaired) electrons. The zero-order valence-electron chi connectivity index (χ0n) is 14.0. The summed E-state index contributed by atoms with van der Waals surface area (Å²) >= 11 is 0. The Bertz CT molecular complexity index is 866. The number of carbonyl (C=O) groups is 2. The number of hydrogen-bond acceptors (Lipinski definition) is 3. The van der Waals surface area contributed by atoms with E-state index in [0.717, 1.165) is 16.3 Å². The van der Waals surface area contributed by atoms with E-state index in [0.29, 0.717) is 0 Å². The van der Waals surface area contributed by atoms with Gasteiger partial charge in [0.25, 0.3) is 5.91 Å². The molecule has 0 aliphatic carbocycles. The number of amides is 2. The SMILES string of the molecule is CC(NC(=O)CCNC(=O)c1ccco1)c1cccc2ccccc12.